The molecule has 13 aromatic rings. The van der Waals surface area contributed by atoms with Gasteiger partial charge in [-0.2, -0.15) is 0 Å². The summed E-state index contributed by atoms with van der Waals surface area (Å²) in [5, 5.41) is 6.51. The van der Waals surface area contributed by atoms with Gasteiger partial charge in [-0.3, -0.25) is 4.98 Å². The molecule has 8 aromatic carbocycles. The molecule has 0 spiro atoms. The number of furan rings is 2. The summed E-state index contributed by atoms with van der Waals surface area (Å²) in [6, 6.07) is 64.7. The predicted molar refractivity (Wildman–Crippen MR) is 254 cm³/mol. The molecular weight excluding hydrogens is 775 g/mol. The Morgan fingerprint density at radius 2 is 1.00 bits per heavy atom. The van der Waals surface area contributed by atoms with E-state index in [4.69, 9.17) is 28.8 Å². The fraction of sp³-hybridized carbons (Fsp3) is 0. The fourth-order valence-corrected chi connectivity index (χ4v) is 9.28. The predicted octanol–water partition coefficient (Wildman–Crippen LogP) is 14.5. The number of para-hydroxylation sites is 3. The SMILES string of the molecule is c1ccc(-c2nc(-c3ccccc3)nc(-c3ccc(-n4c5ccccc5c5c6oc7ccccc7c6ccc54)cc3-c3ccncc3-c3ccc4oc5ccccc5c4c3)n2)cc1. The van der Waals surface area contributed by atoms with Gasteiger partial charge in [-0.05, 0) is 83.4 Å². The first-order chi connectivity index (χ1) is 31.2. The molecule has 0 radical (unpaired) electrons. The third-order valence-electron chi connectivity index (χ3n) is 12.2. The van der Waals surface area contributed by atoms with Gasteiger partial charge in [0.25, 0.3) is 0 Å². The highest BCUT2D eigenvalue weighted by Crippen LogP contribution is 2.44. The van der Waals surface area contributed by atoms with E-state index < -0.39 is 0 Å². The quantitative estimate of drug-likeness (QED) is 0.166. The molecule has 63 heavy (non-hydrogen) atoms. The molecule has 0 aliphatic carbocycles. The van der Waals surface area contributed by atoms with Crippen molar-refractivity contribution in [2.75, 3.05) is 0 Å². The summed E-state index contributed by atoms with van der Waals surface area (Å²) in [6.45, 7) is 0. The second-order valence-corrected chi connectivity index (χ2v) is 15.8. The molecule has 0 aliphatic rings. The molecule has 13 rings (SSSR count). The van der Waals surface area contributed by atoms with Gasteiger partial charge in [0.2, 0.25) is 0 Å². The lowest BCUT2D eigenvalue weighted by Gasteiger charge is -2.17. The first kappa shape index (κ1) is 35.1. The molecule has 0 N–H and O–H groups in total. The maximum atomic E-state index is 6.66. The minimum atomic E-state index is 0.564. The van der Waals surface area contributed by atoms with Crippen LogP contribution in [0.25, 0.3) is 128 Å². The van der Waals surface area contributed by atoms with E-state index in [2.05, 4.69) is 102 Å². The first-order valence-electron chi connectivity index (χ1n) is 20.9. The van der Waals surface area contributed by atoms with Crippen molar-refractivity contribution in [3.8, 4) is 62.1 Å². The monoisotopic (exact) mass is 807 g/mol. The molecule has 7 heteroatoms. The summed E-state index contributed by atoms with van der Waals surface area (Å²) in [5.41, 5.74) is 13.1. The normalized spacial score (nSPS) is 11.8. The maximum Gasteiger partial charge on any atom is 0.164 e. The molecule has 294 valence electrons. The second kappa shape index (κ2) is 13.9. The Labute approximate surface area is 360 Å². The third kappa shape index (κ3) is 5.60. The van der Waals surface area contributed by atoms with E-state index in [1.807, 2.05) is 103 Å². The van der Waals surface area contributed by atoms with Crippen molar-refractivity contribution in [3.05, 3.63) is 200 Å². The van der Waals surface area contributed by atoms with Crippen LogP contribution in [0.3, 0.4) is 0 Å². The highest BCUT2D eigenvalue weighted by atomic mass is 16.3. The van der Waals surface area contributed by atoms with Gasteiger partial charge in [0.1, 0.15) is 22.3 Å². The molecular formula is C56H33N5O2. The number of nitrogens with zero attached hydrogens (tertiary/aromatic N) is 5. The zero-order valence-electron chi connectivity index (χ0n) is 33.6. The van der Waals surface area contributed by atoms with Crippen LogP contribution in [0.1, 0.15) is 0 Å². The van der Waals surface area contributed by atoms with Gasteiger partial charge in [0, 0.05) is 67.3 Å². The van der Waals surface area contributed by atoms with Crippen LogP contribution in [0.15, 0.2) is 209 Å². The van der Waals surface area contributed by atoms with Gasteiger partial charge >= 0.3 is 0 Å². The van der Waals surface area contributed by atoms with Crippen LogP contribution >= 0.6 is 0 Å². The van der Waals surface area contributed by atoms with Crippen molar-refractivity contribution in [1.29, 1.82) is 0 Å². The lowest BCUT2D eigenvalue weighted by Crippen LogP contribution is -2.02. The van der Waals surface area contributed by atoms with Crippen LogP contribution in [-0.4, -0.2) is 24.5 Å². The standard InChI is InChI=1S/C56H33N5O2/c1-3-13-34(14-4-1)54-58-55(35-15-5-2-6-16-35)60-56(59-54)42-25-24-37(61-47-20-10-7-19-43(47)52-48(61)27-26-41-39-17-8-12-22-50(39)63-53(41)52)32-44(42)38-29-30-57-33-46(38)36-23-28-51-45(31-36)40-18-9-11-21-49(40)62-51/h1-33H. The smallest absolute Gasteiger partial charge is 0.164 e. The van der Waals surface area contributed by atoms with Crippen LogP contribution < -0.4 is 0 Å². The van der Waals surface area contributed by atoms with Gasteiger partial charge in [-0.25, -0.2) is 15.0 Å². The lowest BCUT2D eigenvalue weighted by atomic mass is 9.92. The number of hydrogen-bond acceptors (Lipinski definition) is 6. The van der Waals surface area contributed by atoms with Crippen molar-refractivity contribution in [2.24, 2.45) is 0 Å². The average Bonchev–Trinajstić information content (AvgIpc) is 4.04. The van der Waals surface area contributed by atoms with E-state index in [9.17, 15) is 0 Å². The first-order valence-corrected chi connectivity index (χ1v) is 20.9. The summed E-state index contributed by atoms with van der Waals surface area (Å²) >= 11 is 0. The molecule has 0 aliphatic heterocycles. The van der Waals surface area contributed by atoms with Crippen molar-refractivity contribution >= 4 is 65.7 Å². The number of hydrogen-bond donors (Lipinski definition) is 0. The number of fused-ring (bicyclic) bond motifs is 10. The minimum absolute atomic E-state index is 0.564. The minimum Gasteiger partial charge on any atom is -0.456 e. The molecule has 0 unspecified atom stereocenters. The maximum absolute atomic E-state index is 6.66. The van der Waals surface area contributed by atoms with Gasteiger partial charge in [0.05, 0.1) is 16.4 Å². The van der Waals surface area contributed by atoms with E-state index in [0.717, 1.165) is 110 Å². The Balaban J connectivity index is 1.09. The number of rotatable bonds is 6. The van der Waals surface area contributed by atoms with Crippen LogP contribution in [0, 0.1) is 0 Å². The van der Waals surface area contributed by atoms with Gasteiger partial charge < -0.3 is 13.4 Å². The molecule has 5 heterocycles. The molecule has 7 nitrogen and oxygen atoms in total. The van der Waals surface area contributed by atoms with Crippen LogP contribution in [0.2, 0.25) is 0 Å². The Bertz CT molecular complexity index is 3860. The Morgan fingerprint density at radius 3 is 1.76 bits per heavy atom. The van der Waals surface area contributed by atoms with Gasteiger partial charge in [-0.15, -0.1) is 0 Å². The van der Waals surface area contributed by atoms with Crippen LogP contribution in [0.5, 0.6) is 0 Å². The lowest BCUT2D eigenvalue weighted by molar-refractivity contribution is 0.669. The fourth-order valence-electron chi connectivity index (χ4n) is 9.28. The summed E-state index contributed by atoms with van der Waals surface area (Å²) in [4.78, 5) is 20.2. The summed E-state index contributed by atoms with van der Waals surface area (Å²) in [5.74, 6) is 1.76. The Hall–Kier alpha value is -8.68. The van der Waals surface area contributed by atoms with Crippen molar-refractivity contribution in [2.45, 2.75) is 0 Å². The number of benzene rings is 8. The Morgan fingerprint density at radius 1 is 0.365 bits per heavy atom. The molecule has 0 bridgehead atoms. The van der Waals surface area contributed by atoms with E-state index in [1.165, 1.54) is 0 Å². The molecule has 0 saturated heterocycles. The highest BCUT2D eigenvalue weighted by Gasteiger charge is 2.23. The zero-order chi connectivity index (χ0) is 41.4. The summed E-state index contributed by atoms with van der Waals surface area (Å²) in [7, 11) is 0. The topological polar surface area (TPSA) is 82.8 Å². The molecule has 0 atom stereocenters. The Kier molecular flexibility index (Phi) is 7.77. The molecule has 0 amide bonds. The van der Waals surface area contributed by atoms with E-state index in [-0.39, 0.29) is 0 Å². The van der Waals surface area contributed by atoms with E-state index in [0.29, 0.717) is 17.5 Å². The van der Waals surface area contributed by atoms with Gasteiger partial charge in [0.15, 0.2) is 17.5 Å². The summed E-state index contributed by atoms with van der Waals surface area (Å²) < 4.78 is 15.2. The average molecular weight is 808 g/mol. The number of aromatic nitrogens is 5. The molecule has 5 aromatic heterocycles. The van der Waals surface area contributed by atoms with Gasteiger partial charge in [-0.1, -0.05) is 121 Å². The van der Waals surface area contributed by atoms with Crippen molar-refractivity contribution in [3.63, 3.8) is 0 Å². The molecule has 0 fully saturated rings. The van der Waals surface area contributed by atoms with Crippen molar-refractivity contribution in [1.82, 2.24) is 24.5 Å². The van der Waals surface area contributed by atoms with Crippen LogP contribution in [-0.2, 0) is 0 Å². The third-order valence-corrected chi connectivity index (χ3v) is 12.2. The molecule has 0 saturated carbocycles. The zero-order valence-corrected chi connectivity index (χ0v) is 33.6. The van der Waals surface area contributed by atoms with Crippen molar-refractivity contribution < 1.29 is 8.83 Å². The van der Waals surface area contributed by atoms with Crippen LogP contribution in [0.4, 0.5) is 0 Å². The highest BCUT2D eigenvalue weighted by molar-refractivity contribution is 6.24. The second-order valence-electron chi connectivity index (χ2n) is 15.8. The van der Waals surface area contributed by atoms with E-state index >= 15 is 0 Å². The van der Waals surface area contributed by atoms with E-state index in [1.54, 1.807) is 0 Å². The summed E-state index contributed by atoms with van der Waals surface area (Å²) in [6.07, 6.45) is 3.81. The number of pyridine rings is 1. The largest absolute Gasteiger partial charge is 0.456 e.